The normalized spacial score (nSPS) is 10.5. The molecule has 0 aliphatic rings. The number of benzene rings is 2. The largest absolute Gasteiger partial charge is 0.269 e. The first-order chi connectivity index (χ1) is 14.9. The van der Waals surface area contributed by atoms with E-state index in [9.17, 15) is 9.59 Å². The highest BCUT2D eigenvalue weighted by atomic mass is 32.2. The van der Waals surface area contributed by atoms with Gasteiger partial charge in [-0.25, -0.2) is 9.97 Å². The van der Waals surface area contributed by atoms with Crippen molar-refractivity contribution in [3.63, 3.8) is 0 Å². The van der Waals surface area contributed by atoms with Crippen molar-refractivity contribution >= 4 is 35.3 Å². The van der Waals surface area contributed by atoms with Gasteiger partial charge in [0, 0.05) is 34.0 Å². The Kier molecular flexibility index (Phi) is 8.08. The molecule has 3 rings (SSSR count). The third-order valence-electron chi connectivity index (χ3n) is 4.36. The molecule has 0 aliphatic heterocycles. The molecule has 31 heavy (non-hydrogen) atoms. The highest BCUT2D eigenvalue weighted by molar-refractivity contribution is 7.98. The lowest BCUT2D eigenvalue weighted by Crippen LogP contribution is -2.41. The summed E-state index contributed by atoms with van der Waals surface area (Å²) in [7, 11) is 0. The van der Waals surface area contributed by atoms with Gasteiger partial charge in [-0.2, -0.15) is 11.8 Å². The number of carbonyl (C=O) groups is 2. The number of rotatable bonds is 7. The second-order valence-corrected chi connectivity index (χ2v) is 8.77. The number of carbonyl (C=O) groups excluding carboxylic acids is 2. The van der Waals surface area contributed by atoms with Crippen LogP contribution in [0.3, 0.4) is 0 Å². The summed E-state index contributed by atoms with van der Waals surface area (Å²) in [6, 6.07) is 16.5. The van der Waals surface area contributed by atoms with Gasteiger partial charge in [0.2, 0.25) is 0 Å². The zero-order valence-corrected chi connectivity index (χ0v) is 19.3. The van der Waals surface area contributed by atoms with Crippen molar-refractivity contribution < 1.29 is 9.59 Å². The molecule has 2 amide bonds. The van der Waals surface area contributed by atoms with Crippen LogP contribution < -0.4 is 10.9 Å². The monoisotopic (exact) mass is 452 g/mol. The summed E-state index contributed by atoms with van der Waals surface area (Å²) in [5.74, 6) is 0.869. The quantitative estimate of drug-likeness (QED) is 0.315. The smallest absolute Gasteiger partial charge is 0.267 e. The Bertz CT molecular complexity index is 1030. The molecule has 6 nitrogen and oxygen atoms in total. The number of hydrogen-bond donors (Lipinski definition) is 2. The Morgan fingerprint density at radius 2 is 1.23 bits per heavy atom. The number of aryl methyl sites for hydroxylation is 2. The number of amides is 2. The van der Waals surface area contributed by atoms with Crippen molar-refractivity contribution in [2.45, 2.75) is 30.5 Å². The van der Waals surface area contributed by atoms with Crippen LogP contribution in [0.5, 0.6) is 0 Å². The summed E-state index contributed by atoms with van der Waals surface area (Å²) < 4.78 is 0. The van der Waals surface area contributed by atoms with Gasteiger partial charge >= 0.3 is 0 Å². The summed E-state index contributed by atoms with van der Waals surface area (Å²) in [4.78, 5) is 33.4. The minimum absolute atomic E-state index is 0.356. The fraction of sp³-hybridized carbons (Fsp3) is 0.217. The molecule has 0 bridgehead atoms. The van der Waals surface area contributed by atoms with Gasteiger partial charge in [0.05, 0.1) is 0 Å². The fourth-order valence-corrected chi connectivity index (χ4v) is 4.27. The minimum atomic E-state index is -0.371. The molecule has 0 atom stereocenters. The van der Waals surface area contributed by atoms with Gasteiger partial charge in [-0.05, 0) is 61.6 Å². The molecule has 0 radical (unpaired) electrons. The number of hydrazine groups is 1. The zero-order valence-electron chi connectivity index (χ0n) is 17.6. The van der Waals surface area contributed by atoms with Gasteiger partial charge in [-0.3, -0.25) is 20.4 Å². The van der Waals surface area contributed by atoms with Gasteiger partial charge in [0.1, 0.15) is 0 Å². The Labute approximate surface area is 190 Å². The first-order valence-corrected chi connectivity index (χ1v) is 12.0. The van der Waals surface area contributed by atoms with Crippen molar-refractivity contribution in [2.24, 2.45) is 0 Å². The summed E-state index contributed by atoms with van der Waals surface area (Å²) in [6.07, 6.45) is 2.03. The Morgan fingerprint density at radius 3 is 1.68 bits per heavy atom. The number of nitrogens with zero attached hydrogens (tertiary/aromatic N) is 2. The molecule has 2 aromatic carbocycles. The lowest BCUT2D eigenvalue weighted by atomic mass is 10.1. The molecule has 160 valence electrons. The van der Waals surface area contributed by atoms with Crippen LogP contribution in [-0.4, -0.2) is 28.0 Å². The summed E-state index contributed by atoms with van der Waals surface area (Å²) in [5.41, 5.74) is 9.96. The van der Waals surface area contributed by atoms with E-state index >= 15 is 0 Å². The van der Waals surface area contributed by atoms with Gasteiger partial charge in [0.25, 0.3) is 11.8 Å². The SMILES string of the molecule is CSCc1ccc(C(=O)NNC(=O)c2ccc(CSc3nc(C)cc(C)n3)cc2)cc1. The molecule has 0 aliphatic carbocycles. The molecular weight excluding hydrogens is 428 g/mol. The van der Waals surface area contributed by atoms with Crippen LogP contribution in [0.25, 0.3) is 0 Å². The minimum Gasteiger partial charge on any atom is -0.267 e. The van der Waals surface area contributed by atoms with E-state index < -0.39 is 0 Å². The van der Waals surface area contributed by atoms with Crippen LogP contribution in [0, 0.1) is 13.8 Å². The van der Waals surface area contributed by atoms with E-state index in [0.717, 1.165) is 33.4 Å². The molecule has 0 unspecified atom stereocenters. The Balaban J connectivity index is 1.50. The lowest BCUT2D eigenvalue weighted by Gasteiger charge is -2.09. The number of aromatic nitrogens is 2. The number of hydrogen-bond acceptors (Lipinski definition) is 6. The molecule has 0 saturated carbocycles. The molecule has 0 fully saturated rings. The first-order valence-electron chi connectivity index (χ1n) is 9.67. The van der Waals surface area contributed by atoms with Crippen LogP contribution >= 0.6 is 23.5 Å². The molecular formula is C23H24N4O2S2. The second-order valence-electron chi connectivity index (χ2n) is 6.96. The van der Waals surface area contributed by atoms with E-state index in [1.165, 1.54) is 0 Å². The second kappa shape index (κ2) is 11.0. The summed E-state index contributed by atoms with van der Waals surface area (Å²) >= 11 is 3.27. The van der Waals surface area contributed by atoms with Crippen LogP contribution in [-0.2, 0) is 11.5 Å². The average Bonchev–Trinajstić information content (AvgIpc) is 2.76. The number of nitrogens with one attached hydrogen (secondary N) is 2. The van der Waals surface area contributed by atoms with E-state index in [1.54, 1.807) is 47.8 Å². The molecule has 8 heteroatoms. The molecule has 3 aromatic rings. The predicted molar refractivity (Wildman–Crippen MR) is 126 cm³/mol. The van der Waals surface area contributed by atoms with E-state index in [0.29, 0.717) is 16.9 Å². The zero-order chi connectivity index (χ0) is 22.2. The van der Waals surface area contributed by atoms with Crippen molar-refractivity contribution in [1.29, 1.82) is 0 Å². The molecule has 0 spiro atoms. The third kappa shape index (κ3) is 6.83. The average molecular weight is 453 g/mol. The summed E-state index contributed by atoms with van der Waals surface area (Å²) in [5, 5.41) is 0.739. The third-order valence-corrected chi connectivity index (χ3v) is 5.90. The predicted octanol–water partition coefficient (Wildman–Crippen LogP) is 4.32. The van der Waals surface area contributed by atoms with Gasteiger partial charge in [-0.15, -0.1) is 0 Å². The maximum absolute atomic E-state index is 12.3. The van der Waals surface area contributed by atoms with Crippen LogP contribution in [0.1, 0.15) is 43.2 Å². The highest BCUT2D eigenvalue weighted by Crippen LogP contribution is 2.20. The topological polar surface area (TPSA) is 84.0 Å². The lowest BCUT2D eigenvalue weighted by molar-refractivity contribution is 0.0846. The molecule has 1 aromatic heterocycles. The Morgan fingerprint density at radius 1 is 0.774 bits per heavy atom. The maximum Gasteiger partial charge on any atom is 0.269 e. The van der Waals surface area contributed by atoms with Gasteiger partial charge in [0.15, 0.2) is 5.16 Å². The van der Waals surface area contributed by atoms with E-state index in [1.807, 2.05) is 50.4 Å². The van der Waals surface area contributed by atoms with E-state index in [2.05, 4.69) is 20.8 Å². The van der Waals surface area contributed by atoms with E-state index in [4.69, 9.17) is 0 Å². The van der Waals surface area contributed by atoms with Crippen molar-refractivity contribution in [1.82, 2.24) is 20.8 Å². The van der Waals surface area contributed by atoms with Crippen LogP contribution in [0.4, 0.5) is 0 Å². The first kappa shape index (κ1) is 22.8. The van der Waals surface area contributed by atoms with Crippen molar-refractivity contribution in [3.05, 3.63) is 88.2 Å². The van der Waals surface area contributed by atoms with E-state index in [-0.39, 0.29) is 11.8 Å². The van der Waals surface area contributed by atoms with Gasteiger partial charge < -0.3 is 0 Å². The molecule has 1 heterocycles. The van der Waals surface area contributed by atoms with Crippen LogP contribution in [0.2, 0.25) is 0 Å². The van der Waals surface area contributed by atoms with Crippen molar-refractivity contribution in [2.75, 3.05) is 6.26 Å². The van der Waals surface area contributed by atoms with Crippen LogP contribution in [0.15, 0.2) is 59.8 Å². The highest BCUT2D eigenvalue weighted by Gasteiger charge is 2.10. The summed E-state index contributed by atoms with van der Waals surface area (Å²) in [6.45, 7) is 3.90. The molecule has 2 N–H and O–H groups in total. The Hall–Kier alpha value is -2.84. The fourth-order valence-electron chi connectivity index (χ4n) is 2.84. The number of thioether (sulfide) groups is 2. The van der Waals surface area contributed by atoms with Gasteiger partial charge in [-0.1, -0.05) is 36.0 Å². The standard InChI is InChI=1S/C23H24N4O2S2/c1-15-12-16(2)25-23(24-15)31-14-18-6-10-20(11-7-18)22(29)27-26-21(28)19-8-4-17(5-9-19)13-30-3/h4-12H,13-14H2,1-3H3,(H,26,28)(H,27,29). The maximum atomic E-state index is 12.3. The van der Waals surface area contributed by atoms with Crippen molar-refractivity contribution in [3.8, 4) is 0 Å². The molecule has 0 saturated heterocycles.